The van der Waals surface area contributed by atoms with Crippen LogP contribution in [0.15, 0.2) is 54.9 Å². The Balaban J connectivity index is 1.35. The van der Waals surface area contributed by atoms with E-state index in [1.807, 2.05) is 49.3 Å². The van der Waals surface area contributed by atoms with Crippen LogP contribution in [0, 0.1) is 11.3 Å². The summed E-state index contributed by atoms with van der Waals surface area (Å²) in [6.45, 7) is 0.681. The highest BCUT2D eigenvalue weighted by molar-refractivity contribution is 6.35. The molecule has 3 heterocycles. The first-order valence-corrected chi connectivity index (χ1v) is 13.2. The minimum Gasteiger partial charge on any atom is -0.324 e. The molecule has 1 aliphatic rings. The van der Waals surface area contributed by atoms with Gasteiger partial charge in [-0.1, -0.05) is 34.8 Å². The number of aromatic nitrogens is 4. The highest BCUT2D eigenvalue weighted by Gasteiger charge is 2.27. The number of amides is 1. The van der Waals surface area contributed by atoms with Gasteiger partial charge in [-0.05, 0) is 63.0 Å². The van der Waals surface area contributed by atoms with Gasteiger partial charge in [0.05, 0.1) is 44.8 Å². The Hall–Kier alpha value is -3.68. The van der Waals surface area contributed by atoms with Crippen molar-refractivity contribution in [3.8, 4) is 23.0 Å². The molecular formula is C27H23Cl3N8O. The van der Waals surface area contributed by atoms with Crippen LogP contribution in [0.25, 0.3) is 16.9 Å². The molecular weight excluding hydrogens is 559 g/mol. The minimum absolute atomic E-state index is 0.117. The van der Waals surface area contributed by atoms with Crippen molar-refractivity contribution in [2.75, 3.05) is 30.9 Å². The number of piperidine rings is 1. The van der Waals surface area contributed by atoms with Gasteiger partial charge in [0, 0.05) is 36.6 Å². The lowest BCUT2D eigenvalue weighted by Crippen LogP contribution is -2.45. The van der Waals surface area contributed by atoms with Gasteiger partial charge in [0.15, 0.2) is 5.15 Å². The number of nitriles is 1. The van der Waals surface area contributed by atoms with Gasteiger partial charge in [-0.15, -0.1) is 0 Å². The Morgan fingerprint density at radius 2 is 1.87 bits per heavy atom. The number of carbonyl (C=O) groups is 1. The smallest absolute Gasteiger partial charge is 0.228 e. The summed E-state index contributed by atoms with van der Waals surface area (Å²) in [7, 11) is 4.01. The summed E-state index contributed by atoms with van der Waals surface area (Å²) < 4.78 is 1.51. The molecule has 9 nitrogen and oxygen atoms in total. The average Bonchev–Trinajstić information content (AvgIpc) is 3.30. The number of anilines is 3. The summed E-state index contributed by atoms with van der Waals surface area (Å²) in [6.07, 6.45) is 4.58. The number of hydrogen-bond donors (Lipinski definition) is 1. The van der Waals surface area contributed by atoms with Crippen molar-refractivity contribution >= 4 is 58.0 Å². The Morgan fingerprint density at radius 1 is 1.10 bits per heavy atom. The second-order valence-electron chi connectivity index (χ2n) is 9.27. The van der Waals surface area contributed by atoms with Crippen molar-refractivity contribution in [2.24, 2.45) is 0 Å². The Labute approximate surface area is 240 Å². The van der Waals surface area contributed by atoms with E-state index in [0.717, 1.165) is 17.8 Å². The van der Waals surface area contributed by atoms with Gasteiger partial charge in [0.2, 0.25) is 11.9 Å². The average molecular weight is 582 g/mol. The molecule has 198 valence electrons. The van der Waals surface area contributed by atoms with Crippen molar-refractivity contribution < 1.29 is 4.79 Å². The predicted molar refractivity (Wildman–Crippen MR) is 153 cm³/mol. The third kappa shape index (κ3) is 5.70. The fraction of sp³-hybridized carbons (Fsp3) is 0.222. The third-order valence-electron chi connectivity index (χ3n) is 6.55. The number of halogens is 3. The lowest BCUT2D eigenvalue weighted by Gasteiger charge is -2.34. The van der Waals surface area contributed by atoms with Crippen LogP contribution in [-0.4, -0.2) is 57.2 Å². The van der Waals surface area contributed by atoms with Crippen LogP contribution >= 0.6 is 34.8 Å². The summed E-state index contributed by atoms with van der Waals surface area (Å²) >= 11 is 19.2. The fourth-order valence-electron chi connectivity index (χ4n) is 4.40. The monoisotopic (exact) mass is 580 g/mol. The van der Waals surface area contributed by atoms with E-state index in [4.69, 9.17) is 40.1 Å². The molecule has 5 rings (SSSR count). The first kappa shape index (κ1) is 26.9. The molecule has 1 aliphatic heterocycles. The van der Waals surface area contributed by atoms with E-state index < -0.39 is 0 Å². The minimum atomic E-state index is 0.117. The summed E-state index contributed by atoms with van der Waals surface area (Å²) in [6, 6.07) is 14.7. The zero-order valence-corrected chi connectivity index (χ0v) is 23.3. The largest absolute Gasteiger partial charge is 0.324 e. The molecule has 1 N–H and O–H groups in total. The summed E-state index contributed by atoms with van der Waals surface area (Å²) in [4.78, 5) is 25.4. The molecule has 0 spiro atoms. The summed E-state index contributed by atoms with van der Waals surface area (Å²) in [5.74, 6) is 0.427. The lowest BCUT2D eigenvalue weighted by molar-refractivity contribution is -0.120. The molecule has 0 aliphatic carbocycles. The van der Waals surface area contributed by atoms with Crippen LogP contribution in [0.3, 0.4) is 0 Å². The summed E-state index contributed by atoms with van der Waals surface area (Å²) in [5.41, 5.74) is 3.46. The normalized spacial score (nSPS) is 15.5. The maximum atomic E-state index is 12.7. The predicted octanol–water partition coefficient (Wildman–Crippen LogP) is 5.96. The Morgan fingerprint density at radius 3 is 2.54 bits per heavy atom. The number of hydrogen-bond acceptors (Lipinski definition) is 7. The topological polar surface area (TPSA) is 103 Å². The van der Waals surface area contributed by atoms with Gasteiger partial charge in [-0.3, -0.25) is 4.79 Å². The van der Waals surface area contributed by atoms with Gasteiger partial charge in [-0.25, -0.2) is 14.6 Å². The van der Waals surface area contributed by atoms with Gasteiger partial charge >= 0.3 is 0 Å². The number of nitrogens with zero attached hydrogens (tertiary/aromatic N) is 7. The molecule has 0 bridgehead atoms. The van der Waals surface area contributed by atoms with Crippen molar-refractivity contribution in [1.82, 2.24) is 24.6 Å². The third-order valence-corrected chi connectivity index (χ3v) is 7.41. The van der Waals surface area contributed by atoms with E-state index >= 15 is 0 Å². The SMILES string of the molecule is CN(C)[C@H]1CCN(c2ccc(Nc3ncc(Cl)c(-c4cn(-c5ccc(C#N)cc5Cl)nc4Cl)n3)cc2)C(=O)C1. The van der Waals surface area contributed by atoms with Gasteiger partial charge in [0.25, 0.3) is 0 Å². The molecule has 1 amide bonds. The van der Waals surface area contributed by atoms with Gasteiger partial charge in [0.1, 0.15) is 0 Å². The van der Waals surface area contributed by atoms with Crippen LogP contribution in [-0.2, 0) is 4.79 Å². The lowest BCUT2D eigenvalue weighted by atomic mass is 10.0. The molecule has 2 aromatic heterocycles. The molecule has 1 atom stereocenters. The molecule has 0 unspecified atom stereocenters. The number of benzene rings is 2. The van der Waals surface area contributed by atoms with E-state index in [0.29, 0.717) is 51.5 Å². The van der Waals surface area contributed by atoms with E-state index in [1.54, 1.807) is 24.4 Å². The highest BCUT2D eigenvalue weighted by Crippen LogP contribution is 2.34. The second-order valence-corrected chi connectivity index (χ2v) is 10.4. The zero-order valence-electron chi connectivity index (χ0n) is 21.1. The summed E-state index contributed by atoms with van der Waals surface area (Å²) in [5, 5.41) is 17.4. The van der Waals surface area contributed by atoms with Crippen LogP contribution in [0.4, 0.5) is 17.3 Å². The van der Waals surface area contributed by atoms with Gasteiger partial charge < -0.3 is 15.1 Å². The molecule has 39 heavy (non-hydrogen) atoms. The van der Waals surface area contributed by atoms with E-state index in [9.17, 15) is 4.79 Å². The molecule has 12 heteroatoms. The van der Waals surface area contributed by atoms with Crippen molar-refractivity contribution in [2.45, 2.75) is 18.9 Å². The van der Waals surface area contributed by atoms with Crippen LogP contribution in [0.1, 0.15) is 18.4 Å². The maximum Gasteiger partial charge on any atom is 0.228 e. The van der Waals surface area contributed by atoms with Crippen molar-refractivity contribution in [3.63, 3.8) is 0 Å². The van der Waals surface area contributed by atoms with Crippen molar-refractivity contribution in [1.29, 1.82) is 5.26 Å². The maximum absolute atomic E-state index is 12.7. The number of rotatable bonds is 6. The van der Waals surface area contributed by atoms with Gasteiger partial charge in [-0.2, -0.15) is 10.4 Å². The van der Waals surface area contributed by atoms with Crippen molar-refractivity contribution in [3.05, 3.63) is 75.6 Å². The molecule has 4 aromatic rings. The molecule has 1 saturated heterocycles. The van der Waals surface area contributed by atoms with E-state index in [2.05, 4.69) is 25.3 Å². The zero-order chi connectivity index (χ0) is 27.7. The standard InChI is InChI=1S/C27H23Cl3N8O/c1-36(2)19-9-10-37(24(39)12-19)18-6-4-17(5-7-18)33-27-32-14-22(29)25(34-27)20-15-38(35-26(20)30)23-8-3-16(13-31)11-21(23)28/h3-8,11,14-15,19H,9-10,12H2,1-2H3,(H,32,33,34)/t19-/m0/s1. The fourth-order valence-corrected chi connectivity index (χ4v) is 5.08. The first-order valence-electron chi connectivity index (χ1n) is 12.1. The molecule has 1 fully saturated rings. The molecule has 2 aromatic carbocycles. The number of carbonyl (C=O) groups excluding carboxylic acids is 1. The molecule has 0 radical (unpaired) electrons. The second kappa shape index (κ2) is 11.2. The van der Waals surface area contributed by atoms with Crippen LogP contribution in [0.5, 0.6) is 0 Å². The quantitative estimate of drug-likeness (QED) is 0.300. The van der Waals surface area contributed by atoms with Crippen LogP contribution < -0.4 is 10.2 Å². The number of nitrogens with one attached hydrogen (secondary N) is 1. The highest BCUT2D eigenvalue weighted by atomic mass is 35.5. The van der Waals surface area contributed by atoms with E-state index in [1.165, 1.54) is 10.9 Å². The molecule has 0 saturated carbocycles. The Kier molecular flexibility index (Phi) is 7.73. The van der Waals surface area contributed by atoms with E-state index in [-0.39, 0.29) is 17.1 Å². The Bertz CT molecular complexity index is 1580. The first-order chi connectivity index (χ1) is 18.7. The van der Waals surface area contributed by atoms with Crippen LogP contribution in [0.2, 0.25) is 15.2 Å².